The van der Waals surface area contributed by atoms with E-state index in [0.717, 1.165) is 15.4 Å². The van der Waals surface area contributed by atoms with Crippen molar-refractivity contribution in [3.63, 3.8) is 0 Å². The molecule has 3 aromatic rings. The molecule has 1 N–H and O–H groups in total. The van der Waals surface area contributed by atoms with E-state index in [-0.39, 0.29) is 10.6 Å². The van der Waals surface area contributed by atoms with Crippen LogP contribution in [0.25, 0.3) is 0 Å². The summed E-state index contributed by atoms with van der Waals surface area (Å²) in [6.45, 7) is 3.32. The lowest BCUT2D eigenvalue weighted by Crippen LogP contribution is -2.39. The van der Waals surface area contributed by atoms with Crippen LogP contribution in [0.5, 0.6) is 0 Å². The highest BCUT2D eigenvalue weighted by atomic mass is 32.2. The number of hydrogen-bond donors (Lipinski definition) is 1. The van der Waals surface area contributed by atoms with Gasteiger partial charge in [-0.3, -0.25) is 14.1 Å². The Bertz CT molecular complexity index is 1130. The van der Waals surface area contributed by atoms with Crippen LogP contribution in [-0.2, 0) is 14.8 Å². The van der Waals surface area contributed by atoms with Crippen molar-refractivity contribution in [1.82, 2.24) is 10.4 Å². The van der Waals surface area contributed by atoms with Gasteiger partial charge in [0.05, 0.1) is 22.5 Å². The van der Waals surface area contributed by atoms with Crippen LogP contribution < -0.4 is 9.73 Å². The Hall–Kier alpha value is -3.52. The smallest absolute Gasteiger partial charge is 0.264 e. The molecule has 7 nitrogen and oxygen atoms in total. The van der Waals surface area contributed by atoms with E-state index in [0.29, 0.717) is 5.71 Å². The number of hydrazone groups is 1. The van der Waals surface area contributed by atoms with Gasteiger partial charge in [0.25, 0.3) is 15.9 Å². The second-order valence-corrected chi connectivity index (χ2v) is 8.50. The van der Waals surface area contributed by atoms with Crippen LogP contribution in [0.3, 0.4) is 0 Å². The summed E-state index contributed by atoms with van der Waals surface area (Å²) in [7, 11) is -3.96. The molecule has 30 heavy (non-hydrogen) atoms. The molecule has 3 rings (SSSR count). The number of rotatable bonds is 7. The molecule has 0 aliphatic carbocycles. The number of nitrogens with one attached hydrogen (secondary N) is 1. The van der Waals surface area contributed by atoms with Crippen molar-refractivity contribution in [1.29, 1.82) is 0 Å². The Labute approximate surface area is 176 Å². The monoisotopic (exact) mass is 422 g/mol. The minimum absolute atomic E-state index is 0.0843. The summed E-state index contributed by atoms with van der Waals surface area (Å²) < 4.78 is 27.3. The van der Waals surface area contributed by atoms with Gasteiger partial charge < -0.3 is 0 Å². The summed E-state index contributed by atoms with van der Waals surface area (Å²) >= 11 is 0. The Balaban J connectivity index is 1.82. The lowest BCUT2D eigenvalue weighted by atomic mass is 10.1. The average Bonchev–Trinajstić information content (AvgIpc) is 2.77. The van der Waals surface area contributed by atoms with E-state index >= 15 is 0 Å². The zero-order valence-electron chi connectivity index (χ0n) is 16.7. The minimum atomic E-state index is -3.96. The van der Waals surface area contributed by atoms with Crippen LogP contribution in [-0.4, -0.2) is 31.6 Å². The number of carbonyl (C=O) groups is 1. The summed E-state index contributed by atoms with van der Waals surface area (Å²) in [5.41, 5.74) is 5.32. The normalized spacial score (nSPS) is 11.7. The molecule has 8 heteroatoms. The molecule has 0 atom stereocenters. The lowest BCUT2D eigenvalue weighted by molar-refractivity contribution is -0.119. The van der Waals surface area contributed by atoms with Crippen LogP contribution in [0.4, 0.5) is 5.69 Å². The molecule has 1 heterocycles. The molecule has 154 valence electrons. The maximum absolute atomic E-state index is 13.1. The molecular formula is C22H22N4O3S. The first-order chi connectivity index (χ1) is 14.4. The van der Waals surface area contributed by atoms with Gasteiger partial charge in [0.1, 0.15) is 6.54 Å². The first-order valence-electron chi connectivity index (χ1n) is 9.26. The zero-order valence-corrected chi connectivity index (χ0v) is 17.5. The van der Waals surface area contributed by atoms with Gasteiger partial charge >= 0.3 is 0 Å². The Morgan fingerprint density at radius 1 is 1.03 bits per heavy atom. The van der Waals surface area contributed by atoms with Gasteiger partial charge in [-0.25, -0.2) is 13.8 Å². The Morgan fingerprint density at radius 3 is 2.37 bits per heavy atom. The Morgan fingerprint density at radius 2 is 1.73 bits per heavy atom. The SMILES string of the molecule is C/C(=N/NC(=O)CN(c1cccnc1)S(=O)(=O)c1ccccc1)c1ccc(C)cc1. The fourth-order valence-electron chi connectivity index (χ4n) is 2.71. The first kappa shape index (κ1) is 21.2. The first-order valence-corrected chi connectivity index (χ1v) is 10.7. The number of sulfonamides is 1. The molecule has 0 saturated carbocycles. The highest BCUT2D eigenvalue weighted by Gasteiger charge is 2.27. The molecule has 0 aliphatic heterocycles. The second-order valence-electron chi connectivity index (χ2n) is 6.63. The van der Waals surface area contributed by atoms with Crippen molar-refractivity contribution in [2.45, 2.75) is 18.7 Å². The van der Waals surface area contributed by atoms with Gasteiger partial charge in [-0.1, -0.05) is 48.0 Å². The summed E-state index contributed by atoms with van der Waals surface area (Å²) in [5, 5.41) is 4.11. The van der Waals surface area contributed by atoms with Gasteiger partial charge in [0.15, 0.2) is 0 Å². The molecule has 2 aromatic carbocycles. The molecule has 0 aliphatic rings. The molecule has 0 fully saturated rings. The van der Waals surface area contributed by atoms with E-state index in [1.165, 1.54) is 24.5 Å². The van der Waals surface area contributed by atoms with Crippen molar-refractivity contribution in [3.8, 4) is 0 Å². The Kier molecular flexibility index (Phi) is 6.58. The summed E-state index contributed by atoms with van der Waals surface area (Å²) in [4.78, 5) is 16.6. The molecule has 0 radical (unpaired) electrons. The maximum atomic E-state index is 13.1. The lowest BCUT2D eigenvalue weighted by Gasteiger charge is -2.23. The third kappa shape index (κ3) is 5.09. The third-order valence-corrected chi connectivity index (χ3v) is 6.16. The van der Waals surface area contributed by atoms with Gasteiger partial charge in [-0.2, -0.15) is 5.10 Å². The van der Waals surface area contributed by atoms with Gasteiger partial charge in [0, 0.05) is 6.20 Å². The predicted molar refractivity (Wildman–Crippen MR) is 117 cm³/mol. The minimum Gasteiger partial charge on any atom is -0.271 e. The summed E-state index contributed by atoms with van der Waals surface area (Å²) in [5.74, 6) is -0.565. The number of pyridine rings is 1. The number of amides is 1. The number of hydrogen-bond acceptors (Lipinski definition) is 5. The van der Waals surface area contributed by atoms with Crippen molar-refractivity contribution in [2.75, 3.05) is 10.8 Å². The van der Waals surface area contributed by atoms with Crippen molar-refractivity contribution >= 4 is 27.3 Å². The maximum Gasteiger partial charge on any atom is 0.264 e. The van der Waals surface area contributed by atoms with E-state index in [9.17, 15) is 13.2 Å². The van der Waals surface area contributed by atoms with Gasteiger partial charge in [0.2, 0.25) is 0 Å². The summed E-state index contributed by atoms with van der Waals surface area (Å²) in [6.07, 6.45) is 2.93. The van der Waals surface area contributed by atoms with Crippen LogP contribution in [0.1, 0.15) is 18.1 Å². The predicted octanol–water partition coefficient (Wildman–Crippen LogP) is 3.13. The fraction of sp³-hybridized carbons (Fsp3) is 0.136. The molecule has 0 unspecified atom stereocenters. The highest BCUT2D eigenvalue weighted by Crippen LogP contribution is 2.22. The molecule has 1 aromatic heterocycles. The van der Waals surface area contributed by atoms with Gasteiger partial charge in [-0.15, -0.1) is 0 Å². The quantitative estimate of drug-likeness (QED) is 0.468. The number of anilines is 1. The standard InChI is InChI=1S/C22H22N4O3S/c1-17-10-12-19(13-11-17)18(2)24-25-22(27)16-26(20-7-6-14-23-15-20)30(28,29)21-8-4-3-5-9-21/h3-15H,16H2,1-2H3,(H,25,27)/b24-18-. The van der Waals surface area contributed by atoms with E-state index in [1.54, 1.807) is 37.3 Å². The van der Waals surface area contributed by atoms with Crippen LogP contribution in [0.15, 0.2) is 89.1 Å². The molecule has 0 saturated heterocycles. The van der Waals surface area contributed by atoms with Crippen molar-refractivity contribution < 1.29 is 13.2 Å². The number of benzene rings is 2. The van der Waals surface area contributed by atoms with Crippen molar-refractivity contribution in [2.24, 2.45) is 5.10 Å². The van der Waals surface area contributed by atoms with Gasteiger partial charge in [-0.05, 0) is 43.7 Å². The molecular weight excluding hydrogens is 400 g/mol. The highest BCUT2D eigenvalue weighted by molar-refractivity contribution is 7.92. The van der Waals surface area contributed by atoms with E-state index in [4.69, 9.17) is 0 Å². The largest absolute Gasteiger partial charge is 0.271 e. The van der Waals surface area contributed by atoms with E-state index < -0.39 is 22.5 Å². The zero-order chi connectivity index (χ0) is 21.6. The van der Waals surface area contributed by atoms with Crippen LogP contribution >= 0.6 is 0 Å². The van der Waals surface area contributed by atoms with Crippen LogP contribution in [0.2, 0.25) is 0 Å². The number of carbonyl (C=O) groups excluding carboxylic acids is 1. The average molecular weight is 423 g/mol. The van der Waals surface area contributed by atoms with E-state index in [1.807, 2.05) is 31.2 Å². The number of aryl methyl sites for hydroxylation is 1. The van der Waals surface area contributed by atoms with E-state index in [2.05, 4.69) is 15.5 Å². The number of aromatic nitrogens is 1. The second kappa shape index (κ2) is 9.32. The fourth-order valence-corrected chi connectivity index (χ4v) is 4.14. The molecule has 1 amide bonds. The number of nitrogens with zero attached hydrogens (tertiary/aromatic N) is 3. The topological polar surface area (TPSA) is 91.7 Å². The molecule has 0 spiro atoms. The summed E-state index contributed by atoms with van der Waals surface area (Å²) in [6, 6.07) is 18.9. The molecule has 0 bridgehead atoms. The van der Waals surface area contributed by atoms with Crippen LogP contribution in [0, 0.1) is 6.92 Å². The third-order valence-electron chi connectivity index (χ3n) is 4.37. The van der Waals surface area contributed by atoms with Crippen molar-refractivity contribution in [3.05, 3.63) is 90.3 Å².